The number of nitrogens with one attached hydrogen (secondary N) is 1. The van der Waals surface area contributed by atoms with Crippen LogP contribution in [0.3, 0.4) is 0 Å². The Morgan fingerprint density at radius 1 is 0.477 bits per heavy atom. The zero-order chi connectivity index (χ0) is 52.8. The number of aliphatic imine (C=N–C) groups is 1. The third-order valence-corrected chi connectivity index (χ3v) is 8.60. The fraction of sp³-hybridized carbons (Fsp3) is 0.714. The lowest BCUT2D eigenvalue weighted by molar-refractivity contribution is -0.491. The molecule has 1 atom stereocenters. The average molecular weight is 1040 g/mol. The highest BCUT2D eigenvalue weighted by Gasteiger charge is 3.01. The van der Waals surface area contributed by atoms with Crippen LogP contribution in [0.1, 0.15) is 29.3 Å². The van der Waals surface area contributed by atoms with Crippen molar-refractivity contribution < 1.29 is 154 Å². The van der Waals surface area contributed by atoms with Gasteiger partial charge < -0.3 is 5.32 Å². The van der Waals surface area contributed by atoms with E-state index >= 15 is 0 Å². The van der Waals surface area contributed by atoms with Crippen LogP contribution in [0.25, 0.3) is 0 Å². The zero-order valence-electron chi connectivity index (χ0n) is 29.8. The van der Waals surface area contributed by atoms with Crippen LogP contribution in [0.2, 0.25) is 0 Å². The first-order chi connectivity index (χ1) is 28.0. The lowest BCUT2D eigenvalue weighted by Gasteiger charge is -2.47. The fourth-order valence-electron chi connectivity index (χ4n) is 4.68. The summed E-state index contributed by atoms with van der Waals surface area (Å²) in [6.07, 6.45) is -10.8. The van der Waals surface area contributed by atoms with E-state index in [9.17, 15) is 154 Å². The second-order valence-corrected chi connectivity index (χ2v) is 13.0. The number of alkyl halides is 33. The van der Waals surface area contributed by atoms with Crippen LogP contribution in [0.15, 0.2) is 23.2 Å². The fourth-order valence-corrected chi connectivity index (χ4v) is 4.68. The molecule has 1 N–H and O–H groups in total. The number of hydrogen-bond acceptors (Lipinski definition) is 3. The summed E-state index contributed by atoms with van der Waals surface area (Å²) in [5.74, 6) is -146. The third kappa shape index (κ3) is 7.71. The molecule has 0 bridgehead atoms. The molecule has 1 unspecified atom stereocenters. The molecule has 0 radical (unpaired) electrons. The van der Waals surface area contributed by atoms with Crippen LogP contribution < -0.4 is 5.32 Å². The van der Waals surface area contributed by atoms with E-state index in [1.807, 2.05) is 0 Å². The Balaban J connectivity index is 3.88. The summed E-state index contributed by atoms with van der Waals surface area (Å²) in [4.78, 5) is 25.8. The number of isocyanates is 1. The van der Waals surface area contributed by atoms with Gasteiger partial charge in [0.05, 0.1) is 5.69 Å². The maximum Gasteiger partial charge on any atom is 0.460 e. The quantitative estimate of drug-likeness (QED) is 0.0853. The summed E-state index contributed by atoms with van der Waals surface area (Å²) in [6, 6.07) is -0.412. The number of carbonyl (C=O) groups is 1. The molecule has 0 saturated heterocycles. The van der Waals surface area contributed by atoms with Gasteiger partial charge in [-0.25, -0.2) is 4.79 Å². The molecule has 1 aromatic carbocycles. The molecule has 0 aliphatic heterocycles. The SMILES string of the molecule is Cc1c(N=C=O)cccc1C(=O)NC(C)CC(F)(F)C(F)(F)C(F)(F)C(F)(F)C(F)(F)C(F)(F)C(F)(F)C(F)(F)C(F)(F)C(F)(F)C(F)(F)C(F)(F)C(F)(F)C(F)(F)C(F)(F)C(F)(F)F. The van der Waals surface area contributed by atoms with Crippen molar-refractivity contribution >= 4 is 17.7 Å². The molecule has 1 aromatic rings. The first-order valence-corrected chi connectivity index (χ1v) is 15.2. The minimum absolute atomic E-state index is 0.0339. The van der Waals surface area contributed by atoms with Crippen LogP contribution in [0.5, 0.6) is 0 Å². The molecule has 378 valence electrons. The second kappa shape index (κ2) is 15.9. The van der Waals surface area contributed by atoms with E-state index in [0.717, 1.165) is 25.1 Å². The molecule has 0 aliphatic rings. The monoisotopic (exact) mass is 1040 g/mol. The van der Waals surface area contributed by atoms with Gasteiger partial charge in [-0.1, -0.05) is 6.07 Å². The van der Waals surface area contributed by atoms with E-state index in [2.05, 4.69) is 4.99 Å². The highest BCUT2D eigenvalue weighted by Crippen LogP contribution is 2.70. The number of rotatable bonds is 19. The largest absolute Gasteiger partial charge is 0.460 e. The number of hydrogen-bond donors (Lipinski definition) is 1. The molecular formula is C28H13F33N2O2. The molecule has 1 rings (SSSR count). The van der Waals surface area contributed by atoms with Crippen molar-refractivity contribution in [2.75, 3.05) is 0 Å². The predicted octanol–water partition coefficient (Wildman–Crippen LogP) is 12.6. The first-order valence-electron chi connectivity index (χ1n) is 15.2. The van der Waals surface area contributed by atoms with E-state index in [4.69, 9.17) is 0 Å². The minimum atomic E-state index is -10.3. The number of nitrogens with zero attached hydrogens (tertiary/aromatic N) is 1. The van der Waals surface area contributed by atoms with Gasteiger partial charge in [-0.15, -0.1) is 0 Å². The van der Waals surface area contributed by atoms with Gasteiger partial charge in [0.15, 0.2) is 0 Å². The van der Waals surface area contributed by atoms with Crippen LogP contribution in [0.4, 0.5) is 151 Å². The van der Waals surface area contributed by atoms with E-state index in [1.54, 1.807) is 0 Å². The Bertz CT molecular complexity index is 1980. The molecular weight excluding hydrogens is 1020 g/mol. The van der Waals surface area contributed by atoms with Gasteiger partial charge in [-0.05, 0) is 31.5 Å². The van der Waals surface area contributed by atoms with E-state index < -0.39 is 130 Å². The van der Waals surface area contributed by atoms with Gasteiger partial charge in [0.2, 0.25) is 6.08 Å². The highest BCUT2D eigenvalue weighted by molar-refractivity contribution is 5.97. The Hall–Kier alpha value is -4.24. The van der Waals surface area contributed by atoms with Crippen LogP contribution in [-0.4, -0.2) is 113 Å². The summed E-state index contributed by atoms with van der Waals surface area (Å²) >= 11 is 0. The van der Waals surface area contributed by atoms with E-state index in [0.29, 0.717) is 6.07 Å². The average Bonchev–Trinajstić information content (AvgIpc) is 3.10. The molecule has 0 aromatic heterocycles. The minimum Gasteiger partial charge on any atom is -0.349 e. The highest BCUT2D eigenvalue weighted by atomic mass is 19.4. The third-order valence-electron chi connectivity index (χ3n) is 8.60. The van der Waals surface area contributed by atoms with E-state index in [1.165, 1.54) is 5.32 Å². The summed E-state index contributed by atoms with van der Waals surface area (Å²) in [7, 11) is 0. The molecule has 0 saturated carbocycles. The van der Waals surface area contributed by atoms with Crippen molar-refractivity contribution in [3.63, 3.8) is 0 Å². The number of benzene rings is 1. The predicted molar refractivity (Wildman–Crippen MR) is 141 cm³/mol. The number of carbonyl (C=O) groups excluding carboxylic acids is 2. The molecule has 65 heavy (non-hydrogen) atoms. The molecule has 0 aliphatic carbocycles. The summed E-state index contributed by atoms with van der Waals surface area (Å²) in [5, 5.41) is 1.22. The molecule has 1 amide bonds. The molecule has 37 heteroatoms. The number of amides is 1. The summed E-state index contributed by atoms with van der Waals surface area (Å²) < 4.78 is 456. The van der Waals surface area contributed by atoms with Crippen molar-refractivity contribution in [1.82, 2.24) is 5.32 Å². The van der Waals surface area contributed by atoms with E-state index in [-0.39, 0.29) is 6.92 Å². The topological polar surface area (TPSA) is 58.5 Å². The van der Waals surface area contributed by atoms with Crippen molar-refractivity contribution in [3.8, 4) is 0 Å². The Kier molecular flexibility index (Phi) is 14.4. The first kappa shape index (κ1) is 58.8. The zero-order valence-corrected chi connectivity index (χ0v) is 29.8. The smallest absolute Gasteiger partial charge is 0.349 e. The second-order valence-electron chi connectivity index (χ2n) is 13.0. The lowest BCUT2D eigenvalue weighted by Crippen LogP contribution is -2.80. The van der Waals surface area contributed by atoms with Crippen LogP contribution in [-0.2, 0) is 4.79 Å². The van der Waals surface area contributed by atoms with Gasteiger partial charge >= 0.3 is 95.0 Å². The maximum absolute atomic E-state index is 14.5. The Morgan fingerprint density at radius 2 is 0.738 bits per heavy atom. The lowest BCUT2D eigenvalue weighted by atomic mass is 9.82. The van der Waals surface area contributed by atoms with Crippen molar-refractivity contribution in [3.05, 3.63) is 29.3 Å². The normalized spacial score (nSPS) is 16.3. The van der Waals surface area contributed by atoms with Crippen molar-refractivity contribution in [2.24, 2.45) is 4.99 Å². The van der Waals surface area contributed by atoms with Gasteiger partial charge in [-0.3, -0.25) is 4.79 Å². The molecule has 0 spiro atoms. The van der Waals surface area contributed by atoms with Gasteiger partial charge in [0.25, 0.3) is 5.91 Å². The molecule has 0 heterocycles. The molecule has 0 fully saturated rings. The summed E-state index contributed by atoms with van der Waals surface area (Å²) in [6.45, 7) is 0.937. The Morgan fingerprint density at radius 3 is 1.00 bits per heavy atom. The summed E-state index contributed by atoms with van der Waals surface area (Å²) in [5.41, 5.74) is -1.66. The van der Waals surface area contributed by atoms with Gasteiger partial charge in [0.1, 0.15) is 0 Å². The Labute approximate surface area is 334 Å². The van der Waals surface area contributed by atoms with Crippen LogP contribution >= 0.6 is 0 Å². The van der Waals surface area contributed by atoms with Gasteiger partial charge in [0, 0.05) is 18.0 Å². The molecule has 4 nitrogen and oxygen atoms in total. The number of halogens is 33. The van der Waals surface area contributed by atoms with Crippen LogP contribution in [0, 0.1) is 6.92 Å². The van der Waals surface area contributed by atoms with Crippen molar-refractivity contribution in [2.45, 2.75) is 121 Å². The van der Waals surface area contributed by atoms with Gasteiger partial charge in [-0.2, -0.15) is 150 Å². The van der Waals surface area contributed by atoms with Crippen molar-refractivity contribution in [1.29, 1.82) is 0 Å². The standard InChI is InChI=1S/C28H13F33N2O2/c1-8(63-12(65)10-4-3-5-11(9(10)2)62-7-64)6-13(29,30)14(31,32)15(33,34)16(35,36)17(37,38)18(39,40)19(41,42)20(43,44)21(45,46)22(47,48)23(49,50)24(51,52)25(53,54)26(55,56)27(57,58)28(59,60)61/h3-5,8H,6H2,1-2H3,(H,63,65). The maximum atomic E-state index is 14.5.